The third-order valence-corrected chi connectivity index (χ3v) is 4.09. The SMILES string of the molecule is CCC(=O)N(C)c1ccccc1C(=O)ON1C(=O)c2ccccc2C1=O. The first kappa shape index (κ1) is 17.3. The summed E-state index contributed by atoms with van der Waals surface area (Å²) in [5.41, 5.74) is 0.767. The van der Waals surface area contributed by atoms with Crippen molar-refractivity contribution in [1.29, 1.82) is 0 Å². The lowest BCUT2D eigenvalue weighted by molar-refractivity contribution is -0.118. The van der Waals surface area contributed by atoms with Gasteiger partial charge in [-0.25, -0.2) is 4.79 Å². The normalized spacial score (nSPS) is 12.8. The summed E-state index contributed by atoms with van der Waals surface area (Å²) in [4.78, 5) is 55.5. The molecule has 3 amide bonds. The molecule has 26 heavy (non-hydrogen) atoms. The van der Waals surface area contributed by atoms with E-state index in [9.17, 15) is 19.2 Å². The van der Waals surface area contributed by atoms with Crippen molar-refractivity contribution in [3.8, 4) is 0 Å². The van der Waals surface area contributed by atoms with Gasteiger partial charge in [0, 0.05) is 13.5 Å². The molecule has 0 N–H and O–H groups in total. The second kappa shape index (κ2) is 6.79. The molecule has 2 aromatic rings. The molecule has 0 bridgehead atoms. The fourth-order valence-corrected chi connectivity index (χ4v) is 2.69. The van der Waals surface area contributed by atoms with Crippen molar-refractivity contribution in [1.82, 2.24) is 5.06 Å². The van der Waals surface area contributed by atoms with E-state index >= 15 is 0 Å². The van der Waals surface area contributed by atoms with Gasteiger partial charge >= 0.3 is 5.97 Å². The maximum absolute atomic E-state index is 12.6. The molecule has 0 radical (unpaired) electrons. The molecule has 0 unspecified atom stereocenters. The van der Waals surface area contributed by atoms with Crippen molar-refractivity contribution < 1.29 is 24.0 Å². The quantitative estimate of drug-likeness (QED) is 0.789. The Kier molecular flexibility index (Phi) is 4.53. The molecule has 0 saturated heterocycles. The van der Waals surface area contributed by atoms with Crippen LogP contribution in [-0.4, -0.2) is 35.8 Å². The molecule has 1 aliphatic rings. The highest BCUT2D eigenvalue weighted by Crippen LogP contribution is 2.25. The van der Waals surface area contributed by atoms with Gasteiger partial charge in [-0.1, -0.05) is 36.3 Å². The van der Waals surface area contributed by atoms with Crippen LogP contribution in [0.4, 0.5) is 5.69 Å². The van der Waals surface area contributed by atoms with Gasteiger partial charge in [-0.3, -0.25) is 14.4 Å². The number of rotatable bonds is 4. The smallest absolute Gasteiger partial charge is 0.324 e. The first-order valence-electron chi connectivity index (χ1n) is 8.01. The number of nitrogens with zero attached hydrogens (tertiary/aromatic N) is 2. The van der Waals surface area contributed by atoms with Gasteiger partial charge in [0.1, 0.15) is 0 Å². The van der Waals surface area contributed by atoms with E-state index < -0.39 is 17.8 Å². The molecule has 0 aliphatic carbocycles. The Labute approximate surface area is 149 Å². The van der Waals surface area contributed by atoms with Crippen LogP contribution >= 0.6 is 0 Å². The standard InChI is InChI=1S/C19H16N2O5/c1-3-16(22)20(2)15-11-7-6-10-14(15)19(25)26-21-17(23)12-8-4-5-9-13(12)18(21)24/h4-11H,3H2,1-2H3. The number of hydrogen-bond donors (Lipinski definition) is 0. The fraction of sp³-hybridized carbons (Fsp3) is 0.158. The highest BCUT2D eigenvalue weighted by Gasteiger charge is 2.39. The average Bonchev–Trinajstić information content (AvgIpc) is 2.92. The molecule has 7 nitrogen and oxygen atoms in total. The van der Waals surface area contributed by atoms with Crippen molar-refractivity contribution in [2.45, 2.75) is 13.3 Å². The summed E-state index contributed by atoms with van der Waals surface area (Å²) in [7, 11) is 1.54. The van der Waals surface area contributed by atoms with Gasteiger partial charge in [-0.2, -0.15) is 0 Å². The zero-order valence-corrected chi connectivity index (χ0v) is 14.3. The summed E-state index contributed by atoms with van der Waals surface area (Å²) in [5.74, 6) is -2.49. The monoisotopic (exact) mass is 352 g/mol. The molecular weight excluding hydrogens is 336 g/mol. The van der Waals surface area contributed by atoms with Crippen LogP contribution in [0.3, 0.4) is 0 Å². The first-order chi connectivity index (χ1) is 12.5. The highest BCUT2D eigenvalue weighted by molar-refractivity contribution is 6.21. The summed E-state index contributed by atoms with van der Waals surface area (Å²) in [6.07, 6.45) is 0.262. The van der Waals surface area contributed by atoms with Crippen LogP contribution in [-0.2, 0) is 9.63 Å². The molecule has 0 fully saturated rings. The van der Waals surface area contributed by atoms with Crippen molar-refractivity contribution in [2.75, 3.05) is 11.9 Å². The zero-order valence-electron chi connectivity index (χ0n) is 14.3. The lowest BCUT2D eigenvalue weighted by Gasteiger charge is -2.20. The van der Waals surface area contributed by atoms with E-state index in [0.29, 0.717) is 10.8 Å². The van der Waals surface area contributed by atoms with Crippen LogP contribution in [0.5, 0.6) is 0 Å². The third kappa shape index (κ3) is 2.83. The average molecular weight is 352 g/mol. The maximum atomic E-state index is 12.6. The van der Waals surface area contributed by atoms with Crippen molar-refractivity contribution in [3.63, 3.8) is 0 Å². The summed E-state index contributed by atoms with van der Waals surface area (Å²) in [6.45, 7) is 1.71. The van der Waals surface area contributed by atoms with Crippen molar-refractivity contribution in [3.05, 3.63) is 65.2 Å². The predicted octanol–water partition coefficient (Wildman–Crippen LogP) is 2.43. The molecule has 0 atom stereocenters. The topological polar surface area (TPSA) is 84.0 Å². The largest absolute Gasteiger partial charge is 0.366 e. The number of carbonyl (C=O) groups excluding carboxylic acids is 4. The van der Waals surface area contributed by atoms with E-state index in [1.165, 1.54) is 23.1 Å². The van der Waals surface area contributed by atoms with Gasteiger partial charge in [-0.15, -0.1) is 0 Å². The second-order valence-corrected chi connectivity index (χ2v) is 5.65. The minimum absolute atomic E-state index is 0.0772. The zero-order chi connectivity index (χ0) is 18.8. The number of benzene rings is 2. The van der Waals surface area contributed by atoms with E-state index in [1.54, 1.807) is 44.3 Å². The predicted molar refractivity (Wildman–Crippen MR) is 92.5 cm³/mol. The molecule has 2 aromatic carbocycles. The van der Waals surface area contributed by atoms with Crippen LogP contribution in [0.25, 0.3) is 0 Å². The molecule has 1 aliphatic heterocycles. The molecular formula is C19H16N2O5. The van der Waals surface area contributed by atoms with E-state index in [-0.39, 0.29) is 29.0 Å². The summed E-state index contributed by atoms with van der Waals surface area (Å²) >= 11 is 0. The van der Waals surface area contributed by atoms with Gasteiger partial charge in [0.25, 0.3) is 11.8 Å². The fourth-order valence-electron chi connectivity index (χ4n) is 2.69. The van der Waals surface area contributed by atoms with E-state index in [1.807, 2.05) is 0 Å². The lowest BCUT2D eigenvalue weighted by atomic mass is 10.1. The lowest BCUT2D eigenvalue weighted by Crippen LogP contribution is -2.34. The van der Waals surface area contributed by atoms with Gasteiger partial charge in [0.05, 0.1) is 22.4 Å². The van der Waals surface area contributed by atoms with Gasteiger partial charge in [0.15, 0.2) is 0 Å². The molecule has 3 rings (SSSR count). The Balaban J connectivity index is 1.88. The number of hydrogen-bond acceptors (Lipinski definition) is 5. The number of fused-ring (bicyclic) bond motifs is 1. The first-order valence-corrected chi connectivity index (χ1v) is 8.01. The Bertz CT molecular complexity index is 887. The molecule has 0 aromatic heterocycles. The summed E-state index contributed by atoms with van der Waals surface area (Å²) in [6, 6.07) is 12.6. The molecule has 132 valence electrons. The number of hydroxylamine groups is 2. The Morgan fingerprint density at radius 1 is 0.962 bits per heavy atom. The third-order valence-electron chi connectivity index (χ3n) is 4.09. The van der Waals surface area contributed by atoms with Gasteiger partial charge < -0.3 is 9.74 Å². The molecule has 1 heterocycles. The molecule has 0 saturated carbocycles. The van der Waals surface area contributed by atoms with Crippen LogP contribution in [0, 0.1) is 0 Å². The summed E-state index contributed by atoms with van der Waals surface area (Å²) in [5, 5.41) is 0.450. The van der Waals surface area contributed by atoms with Crippen LogP contribution in [0.1, 0.15) is 44.4 Å². The Morgan fingerprint density at radius 3 is 2.08 bits per heavy atom. The van der Waals surface area contributed by atoms with Crippen LogP contribution in [0.15, 0.2) is 48.5 Å². The number of para-hydroxylation sites is 1. The minimum atomic E-state index is -0.897. The van der Waals surface area contributed by atoms with Crippen LogP contribution < -0.4 is 4.90 Å². The minimum Gasteiger partial charge on any atom is -0.324 e. The van der Waals surface area contributed by atoms with E-state index in [0.717, 1.165) is 0 Å². The molecule has 7 heteroatoms. The van der Waals surface area contributed by atoms with E-state index in [4.69, 9.17) is 4.84 Å². The number of amides is 3. The Hall–Kier alpha value is -3.48. The maximum Gasteiger partial charge on any atom is 0.366 e. The number of imide groups is 1. The molecule has 0 spiro atoms. The summed E-state index contributed by atoms with van der Waals surface area (Å²) < 4.78 is 0. The highest BCUT2D eigenvalue weighted by atomic mass is 16.7. The van der Waals surface area contributed by atoms with Crippen LogP contribution in [0.2, 0.25) is 0 Å². The Morgan fingerprint density at radius 2 is 1.50 bits per heavy atom. The second-order valence-electron chi connectivity index (χ2n) is 5.65. The van der Waals surface area contributed by atoms with E-state index in [2.05, 4.69) is 0 Å². The van der Waals surface area contributed by atoms with Gasteiger partial charge in [-0.05, 0) is 24.3 Å². The van der Waals surface area contributed by atoms with Crippen molar-refractivity contribution in [2.24, 2.45) is 0 Å². The van der Waals surface area contributed by atoms with Gasteiger partial charge in [0.2, 0.25) is 5.91 Å². The van der Waals surface area contributed by atoms with Crippen molar-refractivity contribution >= 4 is 29.4 Å². The number of carbonyl (C=O) groups is 4. The number of anilines is 1.